The molecule has 0 saturated carbocycles. The smallest absolute Gasteiger partial charge is 0.161 e. The monoisotopic (exact) mass is 229 g/mol. The fourth-order valence-corrected chi connectivity index (χ4v) is 1.49. The highest BCUT2D eigenvalue weighted by atomic mass is 19.2. The number of nitrogens with two attached hydrogens (primary N) is 1. The summed E-state index contributed by atoms with van der Waals surface area (Å²) in [6.07, 6.45) is 0. The first-order chi connectivity index (χ1) is 7.49. The molecule has 0 aromatic heterocycles. The van der Waals surface area contributed by atoms with Crippen LogP contribution >= 0.6 is 0 Å². The molecule has 1 atom stereocenters. The van der Waals surface area contributed by atoms with Gasteiger partial charge in [0.2, 0.25) is 0 Å². The summed E-state index contributed by atoms with van der Waals surface area (Å²) >= 11 is 0. The van der Waals surface area contributed by atoms with E-state index in [0.717, 1.165) is 6.07 Å². The Labute approximate surface area is 90.3 Å². The summed E-state index contributed by atoms with van der Waals surface area (Å²) < 4.78 is 39.0. The Kier molecular flexibility index (Phi) is 2.49. The van der Waals surface area contributed by atoms with Crippen molar-refractivity contribution in [2.45, 2.75) is 6.92 Å². The number of nitrogens with zero attached hydrogens (tertiary/aromatic N) is 2. The third kappa shape index (κ3) is 1.70. The van der Waals surface area contributed by atoms with E-state index >= 15 is 0 Å². The fraction of sp³-hybridized carbons (Fsp3) is 0.300. The lowest BCUT2D eigenvalue weighted by Gasteiger charge is -2.15. The van der Waals surface area contributed by atoms with Crippen LogP contribution in [0.2, 0.25) is 0 Å². The third-order valence-corrected chi connectivity index (χ3v) is 2.46. The van der Waals surface area contributed by atoms with Gasteiger partial charge in [-0.3, -0.25) is 5.01 Å². The molecule has 3 nitrogen and oxygen atoms in total. The lowest BCUT2D eigenvalue weighted by molar-refractivity contribution is 0.494. The van der Waals surface area contributed by atoms with Crippen molar-refractivity contribution in [3.8, 4) is 0 Å². The molecule has 1 aliphatic heterocycles. The number of rotatable bonds is 1. The molecule has 0 saturated heterocycles. The second kappa shape index (κ2) is 3.70. The Morgan fingerprint density at radius 2 is 1.88 bits per heavy atom. The second-order valence-electron chi connectivity index (χ2n) is 3.73. The minimum atomic E-state index is -1.22. The topological polar surface area (TPSA) is 41.6 Å². The van der Waals surface area contributed by atoms with Gasteiger partial charge in [-0.1, -0.05) is 6.92 Å². The van der Waals surface area contributed by atoms with E-state index in [0.29, 0.717) is 18.4 Å². The Morgan fingerprint density at radius 1 is 1.25 bits per heavy atom. The fourth-order valence-electron chi connectivity index (χ4n) is 1.49. The van der Waals surface area contributed by atoms with Gasteiger partial charge in [0.1, 0.15) is 5.84 Å². The summed E-state index contributed by atoms with van der Waals surface area (Å²) in [6, 6.07) is 1.28. The molecule has 86 valence electrons. The number of benzene rings is 1. The molecule has 16 heavy (non-hydrogen) atoms. The molecule has 2 N–H and O–H groups in total. The van der Waals surface area contributed by atoms with E-state index in [4.69, 9.17) is 5.73 Å². The van der Waals surface area contributed by atoms with Crippen molar-refractivity contribution < 1.29 is 13.2 Å². The normalized spacial score (nSPS) is 20.1. The van der Waals surface area contributed by atoms with Gasteiger partial charge in [-0.25, -0.2) is 13.2 Å². The van der Waals surface area contributed by atoms with E-state index in [1.807, 2.05) is 6.92 Å². The Bertz CT molecular complexity index is 459. The van der Waals surface area contributed by atoms with Gasteiger partial charge in [0, 0.05) is 18.1 Å². The van der Waals surface area contributed by atoms with Gasteiger partial charge < -0.3 is 5.73 Å². The minimum Gasteiger partial charge on any atom is -0.385 e. The van der Waals surface area contributed by atoms with Crippen LogP contribution in [-0.4, -0.2) is 12.4 Å². The van der Waals surface area contributed by atoms with Crippen LogP contribution in [0.25, 0.3) is 0 Å². The number of hydrazone groups is 1. The molecule has 2 rings (SSSR count). The molecule has 0 aliphatic carbocycles. The number of hydrogen-bond donors (Lipinski definition) is 1. The maximum Gasteiger partial charge on any atom is 0.161 e. The van der Waals surface area contributed by atoms with Gasteiger partial charge in [-0.15, -0.1) is 0 Å². The zero-order valence-corrected chi connectivity index (χ0v) is 8.54. The molecule has 1 unspecified atom stereocenters. The molecule has 1 heterocycles. The largest absolute Gasteiger partial charge is 0.385 e. The number of amidine groups is 1. The maximum atomic E-state index is 13.4. The van der Waals surface area contributed by atoms with E-state index in [-0.39, 0.29) is 11.6 Å². The highest BCUT2D eigenvalue weighted by Crippen LogP contribution is 2.26. The van der Waals surface area contributed by atoms with Crippen LogP contribution in [0.1, 0.15) is 6.92 Å². The first kappa shape index (κ1) is 10.8. The molecule has 1 aromatic rings. The number of halogens is 3. The minimum absolute atomic E-state index is 0.0347. The van der Waals surface area contributed by atoms with E-state index < -0.39 is 17.5 Å². The first-order valence-electron chi connectivity index (χ1n) is 4.75. The van der Waals surface area contributed by atoms with Crippen LogP contribution in [0.3, 0.4) is 0 Å². The van der Waals surface area contributed by atoms with E-state index in [1.165, 1.54) is 5.01 Å². The van der Waals surface area contributed by atoms with Gasteiger partial charge in [0.05, 0.1) is 12.2 Å². The second-order valence-corrected chi connectivity index (χ2v) is 3.73. The van der Waals surface area contributed by atoms with Crippen LogP contribution in [0.4, 0.5) is 18.9 Å². The molecule has 0 amide bonds. The first-order valence-corrected chi connectivity index (χ1v) is 4.75. The molecule has 0 spiro atoms. The third-order valence-electron chi connectivity index (χ3n) is 2.46. The van der Waals surface area contributed by atoms with Crippen molar-refractivity contribution in [3.05, 3.63) is 29.6 Å². The molecule has 1 aliphatic rings. The standard InChI is InChI=1S/C10H10F3N3/c1-5-4-16(15-10(5)14)9-3-7(12)6(11)2-8(9)13/h2-3,5H,4H2,1H3,(H2,14,15). The Hall–Kier alpha value is -1.72. The van der Waals surface area contributed by atoms with E-state index in [1.54, 1.807) is 0 Å². The molecular weight excluding hydrogens is 219 g/mol. The summed E-state index contributed by atoms with van der Waals surface area (Å²) in [5.41, 5.74) is 5.44. The van der Waals surface area contributed by atoms with Gasteiger partial charge in [-0.2, -0.15) is 5.10 Å². The van der Waals surface area contributed by atoms with Crippen molar-refractivity contribution in [1.82, 2.24) is 0 Å². The average Bonchev–Trinajstić information content (AvgIpc) is 2.53. The highest BCUT2D eigenvalue weighted by molar-refractivity contribution is 5.86. The predicted octanol–water partition coefficient (Wildman–Crippen LogP) is 1.83. The molecule has 0 bridgehead atoms. The summed E-state index contributed by atoms with van der Waals surface area (Å²) in [6.45, 7) is 2.17. The van der Waals surface area contributed by atoms with Crippen molar-refractivity contribution in [2.24, 2.45) is 16.8 Å². The zero-order chi connectivity index (χ0) is 11.9. The Morgan fingerprint density at radius 3 is 2.44 bits per heavy atom. The van der Waals surface area contributed by atoms with Crippen molar-refractivity contribution in [3.63, 3.8) is 0 Å². The summed E-state index contributed by atoms with van der Waals surface area (Å²) in [4.78, 5) is 0. The summed E-state index contributed by atoms with van der Waals surface area (Å²) in [7, 11) is 0. The lowest BCUT2D eigenvalue weighted by Crippen LogP contribution is -2.20. The molecule has 1 aromatic carbocycles. The average molecular weight is 229 g/mol. The molecular formula is C10H10F3N3. The van der Waals surface area contributed by atoms with Crippen LogP contribution in [0, 0.1) is 23.4 Å². The quantitative estimate of drug-likeness (QED) is 0.746. The van der Waals surface area contributed by atoms with E-state index in [9.17, 15) is 13.2 Å². The van der Waals surface area contributed by atoms with Crippen LogP contribution < -0.4 is 10.7 Å². The van der Waals surface area contributed by atoms with Gasteiger partial charge in [0.15, 0.2) is 17.5 Å². The van der Waals surface area contributed by atoms with Crippen LogP contribution in [-0.2, 0) is 0 Å². The van der Waals surface area contributed by atoms with Gasteiger partial charge in [-0.05, 0) is 0 Å². The summed E-state index contributed by atoms with van der Waals surface area (Å²) in [5.74, 6) is -2.86. The lowest BCUT2D eigenvalue weighted by atomic mass is 10.2. The van der Waals surface area contributed by atoms with Gasteiger partial charge in [0.25, 0.3) is 0 Å². The summed E-state index contributed by atoms with van der Waals surface area (Å²) in [5, 5.41) is 5.10. The van der Waals surface area contributed by atoms with Crippen molar-refractivity contribution in [1.29, 1.82) is 0 Å². The van der Waals surface area contributed by atoms with Crippen LogP contribution in [0.5, 0.6) is 0 Å². The number of anilines is 1. The SMILES string of the molecule is CC1CN(c2cc(F)c(F)cc2F)N=C1N. The molecule has 6 heteroatoms. The van der Waals surface area contributed by atoms with E-state index in [2.05, 4.69) is 5.10 Å². The number of hydrogen-bond acceptors (Lipinski definition) is 3. The van der Waals surface area contributed by atoms with Gasteiger partial charge >= 0.3 is 0 Å². The maximum absolute atomic E-state index is 13.4. The highest BCUT2D eigenvalue weighted by Gasteiger charge is 2.24. The zero-order valence-electron chi connectivity index (χ0n) is 8.54. The molecule has 0 radical (unpaired) electrons. The van der Waals surface area contributed by atoms with Crippen LogP contribution in [0.15, 0.2) is 17.2 Å². The van der Waals surface area contributed by atoms with Crippen molar-refractivity contribution >= 4 is 11.5 Å². The molecule has 0 fully saturated rings. The Balaban J connectivity index is 2.39. The predicted molar refractivity (Wildman–Crippen MR) is 54.4 cm³/mol. The van der Waals surface area contributed by atoms with Crippen molar-refractivity contribution in [2.75, 3.05) is 11.6 Å².